The van der Waals surface area contributed by atoms with E-state index < -0.39 is 23.4 Å². The first kappa shape index (κ1) is 17.0. The van der Waals surface area contributed by atoms with Crippen LogP contribution in [-0.2, 0) is 16.0 Å². The first-order valence-corrected chi connectivity index (χ1v) is 7.83. The summed E-state index contributed by atoms with van der Waals surface area (Å²) in [6.45, 7) is 1.53. The molecule has 0 spiro atoms. The minimum Gasteiger partial charge on any atom is -0.478 e. The first-order chi connectivity index (χ1) is 11.8. The monoisotopic (exact) mass is 359 g/mol. The molecule has 1 unspecified atom stereocenters. The maximum Gasteiger partial charge on any atom is 0.339 e. The highest BCUT2D eigenvalue weighted by atomic mass is 35.5. The molecule has 25 heavy (non-hydrogen) atoms. The Bertz CT molecular complexity index is 878. The topological polar surface area (TPSA) is 92.7 Å². The average molecular weight is 360 g/mol. The summed E-state index contributed by atoms with van der Waals surface area (Å²) < 4.78 is 5.35. The highest BCUT2D eigenvalue weighted by molar-refractivity contribution is 6.31. The number of hydrogen-bond donors (Lipinski definition) is 2. The van der Waals surface area contributed by atoms with Gasteiger partial charge < -0.3 is 15.2 Å². The van der Waals surface area contributed by atoms with Gasteiger partial charge >= 0.3 is 11.9 Å². The molecule has 128 valence electrons. The number of rotatable bonds is 3. The van der Waals surface area contributed by atoms with E-state index in [-0.39, 0.29) is 12.0 Å². The lowest BCUT2D eigenvalue weighted by Gasteiger charge is -2.33. The van der Waals surface area contributed by atoms with Crippen molar-refractivity contribution in [2.75, 3.05) is 5.32 Å². The van der Waals surface area contributed by atoms with Gasteiger partial charge in [0.15, 0.2) is 5.60 Å². The molecule has 2 aromatic rings. The van der Waals surface area contributed by atoms with Gasteiger partial charge in [-0.25, -0.2) is 9.59 Å². The zero-order valence-electron chi connectivity index (χ0n) is 13.2. The smallest absolute Gasteiger partial charge is 0.339 e. The Morgan fingerprint density at radius 3 is 2.52 bits per heavy atom. The SMILES string of the molecule is CC1(C(=O)Nc2ccc(C(=O)O)cc2)Cc2ccc(Cl)cc2C(=O)O1. The molecule has 1 heterocycles. The number of esters is 1. The van der Waals surface area contributed by atoms with Crippen molar-refractivity contribution in [1.82, 2.24) is 0 Å². The normalized spacial score (nSPS) is 18.9. The fraction of sp³-hybridized carbons (Fsp3) is 0.167. The number of carboxylic acids is 1. The molecule has 1 aliphatic heterocycles. The van der Waals surface area contributed by atoms with Gasteiger partial charge in [0.1, 0.15) is 0 Å². The van der Waals surface area contributed by atoms with Crippen molar-refractivity contribution in [2.45, 2.75) is 18.9 Å². The van der Waals surface area contributed by atoms with Crippen LogP contribution in [0.3, 0.4) is 0 Å². The van der Waals surface area contributed by atoms with E-state index in [1.54, 1.807) is 12.1 Å². The van der Waals surface area contributed by atoms with Crippen LogP contribution in [0, 0.1) is 0 Å². The molecule has 0 aliphatic carbocycles. The number of hydrogen-bond acceptors (Lipinski definition) is 4. The predicted octanol–water partition coefficient (Wildman–Crippen LogP) is 3.15. The number of carboxylic acid groups (broad SMARTS) is 1. The van der Waals surface area contributed by atoms with Crippen LogP contribution in [0.15, 0.2) is 42.5 Å². The molecule has 0 saturated heterocycles. The van der Waals surface area contributed by atoms with Gasteiger partial charge in [-0.2, -0.15) is 0 Å². The molecule has 0 radical (unpaired) electrons. The van der Waals surface area contributed by atoms with Crippen molar-refractivity contribution in [3.05, 3.63) is 64.2 Å². The number of fused-ring (bicyclic) bond motifs is 1. The van der Waals surface area contributed by atoms with E-state index >= 15 is 0 Å². The van der Waals surface area contributed by atoms with Gasteiger partial charge in [0.2, 0.25) is 0 Å². The van der Waals surface area contributed by atoms with Gasteiger partial charge in [0, 0.05) is 17.1 Å². The maximum atomic E-state index is 12.6. The standard InChI is InChI=1S/C18H14ClNO5/c1-18(9-11-2-5-12(19)8-14(11)16(23)25-18)17(24)20-13-6-3-10(4-7-13)15(21)22/h2-8H,9H2,1H3,(H,20,24)(H,21,22). The lowest BCUT2D eigenvalue weighted by Crippen LogP contribution is -2.48. The summed E-state index contributed by atoms with van der Waals surface area (Å²) in [6.07, 6.45) is 0.213. The van der Waals surface area contributed by atoms with Gasteiger partial charge in [-0.15, -0.1) is 0 Å². The van der Waals surface area contributed by atoms with E-state index in [0.29, 0.717) is 21.8 Å². The number of carbonyl (C=O) groups is 3. The quantitative estimate of drug-likeness (QED) is 0.821. The number of cyclic esters (lactones) is 1. The molecule has 6 nitrogen and oxygen atoms in total. The molecule has 1 atom stereocenters. The van der Waals surface area contributed by atoms with Crippen molar-refractivity contribution < 1.29 is 24.2 Å². The van der Waals surface area contributed by atoms with Crippen molar-refractivity contribution in [2.24, 2.45) is 0 Å². The summed E-state index contributed by atoms with van der Waals surface area (Å²) in [7, 11) is 0. The molecule has 3 rings (SSSR count). The van der Waals surface area contributed by atoms with Gasteiger partial charge in [-0.3, -0.25) is 4.79 Å². The minimum absolute atomic E-state index is 0.110. The van der Waals surface area contributed by atoms with Crippen molar-refractivity contribution in [1.29, 1.82) is 0 Å². The number of halogens is 1. The number of carbonyl (C=O) groups excluding carboxylic acids is 2. The van der Waals surface area contributed by atoms with Crippen LogP contribution in [0.5, 0.6) is 0 Å². The Balaban J connectivity index is 1.81. The van der Waals surface area contributed by atoms with Crippen LogP contribution in [0.25, 0.3) is 0 Å². The van der Waals surface area contributed by atoms with Crippen LogP contribution in [0.4, 0.5) is 5.69 Å². The van der Waals surface area contributed by atoms with Gasteiger partial charge in [-0.1, -0.05) is 17.7 Å². The van der Waals surface area contributed by atoms with Gasteiger partial charge in [0.05, 0.1) is 11.1 Å². The van der Waals surface area contributed by atoms with Crippen LogP contribution in [-0.4, -0.2) is 28.6 Å². The molecule has 0 aromatic heterocycles. The summed E-state index contributed by atoms with van der Waals surface area (Å²) in [6, 6.07) is 10.6. The predicted molar refractivity (Wildman–Crippen MR) is 91.0 cm³/mol. The van der Waals surface area contributed by atoms with E-state index in [1.165, 1.54) is 37.3 Å². The number of aromatic carboxylic acids is 1. The third-order valence-electron chi connectivity index (χ3n) is 4.01. The van der Waals surface area contributed by atoms with E-state index in [4.69, 9.17) is 21.4 Å². The van der Waals surface area contributed by atoms with E-state index in [9.17, 15) is 14.4 Å². The summed E-state index contributed by atoms with van der Waals surface area (Å²) >= 11 is 5.89. The Morgan fingerprint density at radius 1 is 1.20 bits per heavy atom. The lowest BCUT2D eigenvalue weighted by atomic mass is 9.89. The van der Waals surface area contributed by atoms with E-state index in [1.807, 2.05) is 0 Å². The van der Waals surface area contributed by atoms with Crippen molar-refractivity contribution in [3.8, 4) is 0 Å². The molecule has 1 aliphatic rings. The molecule has 2 aromatic carbocycles. The molecule has 2 N–H and O–H groups in total. The molecular formula is C18H14ClNO5. The second-order valence-corrected chi connectivity index (χ2v) is 6.37. The Labute approximate surface area is 148 Å². The molecule has 0 fully saturated rings. The first-order valence-electron chi connectivity index (χ1n) is 7.45. The summed E-state index contributed by atoms with van der Waals surface area (Å²) in [5.41, 5.74) is 0.181. The molecule has 1 amide bonds. The van der Waals surface area contributed by atoms with E-state index in [0.717, 1.165) is 0 Å². The third kappa shape index (κ3) is 3.34. The summed E-state index contributed by atoms with van der Waals surface area (Å²) in [4.78, 5) is 35.7. The second-order valence-electron chi connectivity index (χ2n) is 5.94. The number of ether oxygens (including phenoxy) is 1. The van der Waals surface area contributed by atoms with E-state index in [2.05, 4.69) is 5.32 Å². The number of anilines is 1. The zero-order chi connectivity index (χ0) is 18.2. The molecule has 7 heteroatoms. The highest BCUT2D eigenvalue weighted by Gasteiger charge is 2.42. The summed E-state index contributed by atoms with van der Waals surface area (Å²) in [5, 5.41) is 12.0. The van der Waals surface area contributed by atoms with Crippen LogP contribution < -0.4 is 5.32 Å². The highest BCUT2D eigenvalue weighted by Crippen LogP contribution is 2.31. The van der Waals surface area contributed by atoms with Crippen LogP contribution >= 0.6 is 11.6 Å². The minimum atomic E-state index is -1.37. The Hall–Kier alpha value is -2.86. The number of benzene rings is 2. The number of amides is 1. The maximum absolute atomic E-state index is 12.6. The van der Waals surface area contributed by atoms with Crippen molar-refractivity contribution in [3.63, 3.8) is 0 Å². The fourth-order valence-electron chi connectivity index (χ4n) is 2.64. The molecule has 0 saturated carbocycles. The van der Waals surface area contributed by atoms with Crippen LogP contribution in [0.2, 0.25) is 5.02 Å². The average Bonchev–Trinajstić information content (AvgIpc) is 2.56. The molecule has 0 bridgehead atoms. The summed E-state index contributed by atoms with van der Waals surface area (Å²) in [5.74, 6) is -2.16. The fourth-order valence-corrected chi connectivity index (χ4v) is 2.81. The lowest BCUT2D eigenvalue weighted by molar-refractivity contribution is -0.134. The van der Waals surface area contributed by atoms with Crippen LogP contribution in [0.1, 0.15) is 33.2 Å². The second kappa shape index (κ2) is 6.22. The Kier molecular flexibility index (Phi) is 4.22. The van der Waals surface area contributed by atoms with Gasteiger partial charge in [0.25, 0.3) is 5.91 Å². The number of nitrogens with one attached hydrogen (secondary N) is 1. The molecular weight excluding hydrogens is 346 g/mol. The zero-order valence-corrected chi connectivity index (χ0v) is 14.0. The third-order valence-corrected chi connectivity index (χ3v) is 4.24. The largest absolute Gasteiger partial charge is 0.478 e. The Morgan fingerprint density at radius 2 is 1.88 bits per heavy atom. The van der Waals surface area contributed by atoms with Gasteiger partial charge in [-0.05, 0) is 48.9 Å². The van der Waals surface area contributed by atoms with Crippen molar-refractivity contribution >= 4 is 35.1 Å².